The molecule has 1 saturated heterocycles. The Balaban J connectivity index is 0.000000287. The highest BCUT2D eigenvalue weighted by atomic mass is 35.5. The standard InChI is InChI=1S/C22H15ClN4OS.C8H16O2.CH4/c23-17-11-18-19(12-25-22(28)27-18)26-20(17)15-5-1-13(2-6-15)14-3-7-16(8-4-14)21-24-9-10-29-21;1-3-7-8(9-4-2)5-6-10-7;/h1-11H,12H2,(H2,25,27,28);7-8H,3-6H2,1-2H3;1H4. The molecule has 2 N–H and O–H groups in total. The van der Waals surface area contributed by atoms with Gasteiger partial charge in [-0.25, -0.2) is 14.8 Å². The van der Waals surface area contributed by atoms with Gasteiger partial charge in [-0.3, -0.25) is 0 Å². The van der Waals surface area contributed by atoms with E-state index in [1.165, 1.54) is 0 Å². The summed E-state index contributed by atoms with van der Waals surface area (Å²) in [5.74, 6) is 0. The van der Waals surface area contributed by atoms with Crippen LogP contribution in [0.2, 0.25) is 5.02 Å². The minimum atomic E-state index is -0.242. The van der Waals surface area contributed by atoms with Crippen LogP contribution in [0.25, 0.3) is 33.0 Å². The topological polar surface area (TPSA) is 85.4 Å². The fourth-order valence-electron chi connectivity index (χ4n) is 4.71. The third-order valence-electron chi connectivity index (χ3n) is 6.71. The van der Waals surface area contributed by atoms with Crippen molar-refractivity contribution < 1.29 is 14.3 Å². The van der Waals surface area contributed by atoms with Crippen molar-refractivity contribution in [3.8, 4) is 33.0 Å². The summed E-state index contributed by atoms with van der Waals surface area (Å²) in [6.45, 7) is 6.25. The predicted octanol–water partition coefficient (Wildman–Crippen LogP) is 8.05. The highest BCUT2D eigenvalue weighted by Gasteiger charge is 2.26. The first-order chi connectivity index (χ1) is 19.1. The molecule has 9 heteroatoms. The van der Waals surface area contributed by atoms with Crippen LogP contribution >= 0.6 is 22.9 Å². The number of thiazole rings is 1. The Bertz CT molecular complexity index is 1400. The van der Waals surface area contributed by atoms with Crippen molar-refractivity contribution in [3.05, 3.63) is 76.9 Å². The molecule has 0 spiro atoms. The third-order valence-corrected chi connectivity index (χ3v) is 7.82. The van der Waals surface area contributed by atoms with Crippen LogP contribution in [-0.4, -0.2) is 41.4 Å². The van der Waals surface area contributed by atoms with E-state index in [0.717, 1.165) is 59.0 Å². The summed E-state index contributed by atoms with van der Waals surface area (Å²) in [4.78, 5) is 20.4. The van der Waals surface area contributed by atoms with Gasteiger partial charge < -0.3 is 20.1 Å². The number of ether oxygens (including phenoxy) is 2. The van der Waals surface area contributed by atoms with Crippen LogP contribution in [0, 0.1) is 0 Å². The first-order valence-electron chi connectivity index (χ1n) is 13.1. The average Bonchev–Trinajstić information content (AvgIpc) is 3.66. The van der Waals surface area contributed by atoms with E-state index in [0.29, 0.717) is 35.2 Å². The van der Waals surface area contributed by atoms with Gasteiger partial charge >= 0.3 is 6.03 Å². The zero-order valence-corrected chi connectivity index (χ0v) is 23.5. The molecule has 2 atom stereocenters. The van der Waals surface area contributed by atoms with Crippen LogP contribution in [0.3, 0.4) is 0 Å². The maximum absolute atomic E-state index is 11.5. The summed E-state index contributed by atoms with van der Waals surface area (Å²) >= 11 is 8.06. The monoisotopic (exact) mass is 578 g/mol. The van der Waals surface area contributed by atoms with Gasteiger partial charge in [0.25, 0.3) is 0 Å². The fourth-order valence-corrected chi connectivity index (χ4v) is 5.61. The molecule has 0 bridgehead atoms. The number of nitrogens with zero attached hydrogens (tertiary/aromatic N) is 2. The largest absolute Gasteiger partial charge is 0.376 e. The van der Waals surface area contributed by atoms with E-state index < -0.39 is 0 Å². The molecular weight excluding hydrogens is 544 g/mol. The van der Waals surface area contributed by atoms with Gasteiger partial charge in [0.05, 0.1) is 40.9 Å². The van der Waals surface area contributed by atoms with Crippen LogP contribution in [0.15, 0.2) is 66.2 Å². The lowest BCUT2D eigenvalue weighted by molar-refractivity contribution is -0.00516. The SMILES string of the molecule is C.CCOC1CCOC1CC.O=C1NCc2nc(-c3ccc(-c4ccc(-c5nccs5)cc4)cc3)c(Cl)cc2N1. The summed E-state index contributed by atoms with van der Waals surface area (Å²) in [6.07, 6.45) is 4.70. The van der Waals surface area contributed by atoms with Crippen LogP contribution in [0.1, 0.15) is 39.8 Å². The van der Waals surface area contributed by atoms with Gasteiger partial charge in [0.15, 0.2) is 0 Å². The molecule has 2 aliphatic rings. The second-order valence-electron chi connectivity index (χ2n) is 9.21. The lowest BCUT2D eigenvalue weighted by Gasteiger charge is -2.19. The summed E-state index contributed by atoms with van der Waals surface area (Å²) in [6, 6.07) is 18.0. The number of carbonyl (C=O) groups is 1. The van der Waals surface area contributed by atoms with Crippen LogP contribution in [-0.2, 0) is 16.0 Å². The smallest absolute Gasteiger partial charge is 0.319 e. The quantitative estimate of drug-likeness (QED) is 0.242. The highest BCUT2D eigenvalue weighted by Crippen LogP contribution is 2.33. The molecule has 7 nitrogen and oxygen atoms in total. The van der Waals surface area contributed by atoms with E-state index in [1.54, 1.807) is 17.4 Å². The Morgan fingerprint density at radius 1 is 1.05 bits per heavy atom. The number of benzene rings is 2. The van der Waals surface area contributed by atoms with Gasteiger partial charge in [0.2, 0.25) is 0 Å². The number of fused-ring (bicyclic) bond motifs is 1. The molecule has 2 amide bonds. The molecule has 40 heavy (non-hydrogen) atoms. The predicted molar refractivity (Wildman–Crippen MR) is 164 cm³/mol. The molecular formula is C31H35ClN4O3S. The molecule has 0 radical (unpaired) electrons. The van der Waals surface area contributed by atoms with Gasteiger partial charge in [0, 0.05) is 35.9 Å². The van der Waals surface area contributed by atoms with Crippen LogP contribution < -0.4 is 10.6 Å². The van der Waals surface area contributed by atoms with Crippen LogP contribution in [0.4, 0.5) is 10.5 Å². The maximum Gasteiger partial charge on any atom is 0.319 e. The van der Waals surface area contributed by atoms with Crippen molar-refractivity contribution in [3.63, 3.8) is 0 Å². The highest BCUT2D eigenvalue weighted by molar-refractivity contribution is 7.13. The molecule has 2 unspecified atom stereocenters. The molecule has 210 valence electrons. The van der Waals surface area contributed by atoms with Gasteiger partial charge in [-0.15, -0.1) is 11.3 Å². The van der Waals surface area contributed by atoms with Crippen molar-refractivity contribution in [2.75, 3.05) is 18.5 Å². The Morgan fingerprint density at radius 2 is 1.73 bits per heavy atom. The third kappa shape index (κ3) is 6.88. The normalized spacial score (nSPS) is 17.5. The van der Waals surface area contributed by atoms with Gasteiger partial charge in [0.1, 0.15) is 5.01 Å². The first kappa shape index (κ1) is 29.7. The molecule has 2 aromatic heterocycles. The van der Waals surface area contributed by atoms with Gasteiger partial charge in [-0.2, -0.15) is 0 Å². The molecule has 4 heterocycles. The lowest BCUT2D eigenvalue weighted by Crippen LogP contribution is -2.34. The number of rotatable bonds is 6. The maximum atomic E-state index is 11.5. The van der Waals surface area contributed by atoms with Crippen molar-refractivity contribution in [1.82, 2.24) is 15.3 Å². The number of urea groups is 1. The van der Waals surface area contributed by atoms with Gasteiger partial charge in [-0.05, 0) is 37.0 Å². The zero-order valence-electron chi connectivity index (χ0n) is 21.9. The summed E-state index contributed by atoms with van der Waals surface area (Å²) in [5, 5.41) is 8.95. The number of carbonyl (C=O) groups excluding carboxylic acids is 1. The van der Waals surface area contributed by atoms with Crippen molar-refractivity contribution >= 4 is 34.7 Å². The molecule has 2 aliphatic heterocycles. The van der Waals surface area contributed by atoms with E-state index in [9.17, 15) is 4.79 Å². The van der Waals surface area contributed by atoms with Crippen LogP contribution in [0.5, 0.6) is 0 Å². The summed E-state index contributed by atoms with van der Waals surface area (Å²) < 4.78 is 10.9. The van der Waals surface area contributed by atoms with E-state index in [4.69, 9.17) is 21.1 Å². The molecule has 2 aromatic carbocycles. The Kier molecular flexibility index (Phi) is 10.3. The zero-order chi connectivity index (χ0) is 27.2. The Morgan fingerprint density at radius 3 is 2.35 bits per heavy atom. The number of amides is 2. The minimum absolute atomic E-state index is 0. The second kappa shape index (κ2) is 13.9. The van der Waals surface area contributed by atoms with E-state index >= 15 is 0 Å². The number of nitrogens with one attached hydrogen (secondary N) is 2. The number of hydrogen-bond acceptors (Lipinski definition) is 6. The molecule has 0 saturated carbocycles. The molecule has 4 aromatic rings. The molecule has 1 fully saturated rings. The fraction of sp³-hybridized carbons (Fsp3) is 0.323. The van der Waals surface area contributed by atoms with Crippen molar-refractivity contribution in [1.29, 1.82) is 0 Å². The number of hydrogen-bond donors (Lipinski definition) is 2. The number of anilines is 1. The number of pyridine rings is 1. The number of halogens is 1. The lowest BCUT2D eigenvalue weighted by atomic mass is 10.0. The summed E-state index contributed by atoms with van der Waals surface area (Å²) in [7, 11) is 0. The average molecular weight is 579 g/mol. The second-order valence-corrected chi connectivity index (χ2v) is 10.5. The van der Waals surface area contributed by atoms with E-state index in [-0.39, 0.29) is 13.5 Å². The summed E-state index contributed by atoms with van der Waals surface area (Å²) in [5.41, 5.74) is 6.42. The van der Waals surface area contributed by atoms with Gasteiger partial charge in [-0.1, -0.05) is 74.5 Å². The van der Waals surface area contributed by atoms with E-state index in [2.05, 4.69) is 63.9 Å². The van der Waals surface area contributed by atoms with Crippen molar-refractivity contribution in [2.24, 2.45) is 0 Å². The first-order valence-corrected chi connectivity index (χ1v) is 14.4. The number of aromatic nitrogens is 2. The molecule has 6 rings (SSSR count). The molecule has 0 aliphatic carbocycles. The minimum Gasteiger partial charge on any atom is -0.376 e. The van der Waals surface area contributed by atoms with Crippen molar-refractivity contribution in [2.45, 2.75) is 52.9 Å². The Labute approximate surface area is 244 Å². The Hall–Kier alpha value is -3.30. The van der Waals surface area contributed by atoms with E-state index in [1.807, 2.05) is 30.6 Å².